The topological polar surface area (TPSA) is 63.7 Å². The maximum absolute atomic E-state index is 11.9. The van der Waals surface area contributed by atoms with Gasteiger partial charge in [0.2, 0.25) is 0 Å². The van der Waals surface area contributed by atoms with Crippen LogP contribution in [0.25, 0.3) is 0 Å². The molecule has 3 rings (SSSR count). The number of hydrogen-bond donors (Lipinski definition) is 1. The predicted molar refractivity (Wildman–Crippen MR) is 92.0 cm³/mol. The number of carbonyl (C=O) groups excluding carboxylic acids is 1. The van der Waals surface area contributed by atoms with E-state index in [-0.39, 0.29) is 12.5 Å². The third kappa shape index (κ3) is 4.78. The quantitative estimate of drug-likeness (QED) is 0.880. The maximum atomic E-state index is 11.9. The van der Waals surface area contributed by atoms with E-state index < -0.39 is 0 Å². The van der Waals surface area contributed by atoms with Crippen LogP contribution >= 0.6 is 0 Å². The van der Waals surface area contributed by atoms with E-state index in [4.69, 9.17) is 9.47 Å². The summed E-state index contributed by atoms with van der Waals surface area (Å²) < 4.78 is 10.7. The van der Waals surface area contributed by atoms with Crippen LogP contribution in [0.5, 0.6) is 0 Å². The predicted octanol–water partition coefficient (Wildman–Crippen LogP) is 2.07. The summed E-state index contributed by atoms with van der Waals surface area (Å²) in [7, 11) is 0. The molecule has 1 saturated heterocycles. The molecule has 1 aliphatic rings. The second-order valence-electron chi connectivity index (χ2n) is 5.53. The lowest BCUT2D eigenvalue weighted by Crippen LogP contribution is -2.36. The van der Waals surface area contributed by atoms with Crippen molar-refractivity contribution >= 4 is 17.4 Å². The summed E-state index contributed by atoms with van der Waals surface area (Å²) >= 11 is 0. The van der Waals surface area contributed by atoms with Crippen molar-refractivity contribution in [1.29, 1.82) is 0 Å². The van der Waals surface area contributed by atoms with Crippen LogP contribution in [-0.4, -0.2) is 43.8 Å². The first-order valence-corrected chi connectivity index (χ1v) is 8.01. The van der Waals surface area contributed by atoms with E-state index in [0.29, 0.717) is 12.4 Å². The van der Waals surface area contributed by atoms with Gasteiger partial charge in [0.25, 0.3) is 5.91 Å². The van der Waals surface area contributed by atoms with Gasteiger partial charge in [-0.3, -0.25) is 4.79 Å². The molecule has 1 N–H and O–H groups in total. The van der Waals surface area contributed by atoms with E-state index in [1.807, 2.05) is 36.4 Å². The number of pyridine rings is 1. The Balaban J connectivity index is 1.44. The lowest BCUT2D eigenvalue weighted by molar-refractivity contribution is -0.121. The molecule has 2 aromatic rings. The summed E-state index contributed by atoms with van der Waals surface area (Å²) in [5, 5.41) is 2.74. The number of nitrogens with zero attached hydrogens (tertiary/aromatic N) is 2. The van der Waals surface area contributed by atoms with Crippen molar-refractivity contribution in [2.24, 2.45) is 0 Å². The molecule has 0 unspecified atom stereocenters. The van der Waals surface area contributed by atoms with E-state index in [9.17, 15) is 4.79 Å². The lowest BCUT2D eigenvalue weighted by atomic mass is 10.2. The smallest absolute Gasteiger partial charge is 0.251 e. The number of morpholine rings is 1. The molecule has 1 fully saturated rings. The minimum absolute atomic E-state index is 0.00178. The van der Waals surface area contributed by atoms with Gasteiger partial charge in [0.1, 0.15) is 12.4 Å². The van der Waals surface area contributed by atoms with E-state index in [0.717, 1.165) is 37.6 Å². The van der Waals surface area contributed by atoms with Gasteiger partial charge in [-0.25, -0.2) is 4.98 Å². The average Bonchev–Trinajstić information content (AvgIpc) is 2.64. The molecular formula is C18H21N3O3. The summed E-state index contributed by atoms with van der Waals surface area (Å²) in [6.45, 7) is 3.61. The first-order valence-electron chi connectivity index (χ1n) is 8.01. The van der Waals surface area contributed by atoms with Gasteiger partial charge in [-0.05, 0) is 17.7 Å². The van der Waals surface area contributed by atoms with Crippen LogP contribution in [0.1, 0.15) is 5.56 Å². The molecule has 0 radical (unpaired) electrons. The van der Waals surface area contributed by atoms with Crippen LogP contribution in [0.3, 0.4) is 0 Å². The van der Waals surface area contributed by atoms with Crippen molar-refractivity contribution in [2.45, 2.75) is 6.61 Å². The monoisotopic (exact) mass is 327 g/mol. The molecule has 24 heavy (non-hydrogen) atoms. The Morgan fingerprint density at radius 3 is 2.67 bits per heavy atom. The SMILES string of the molecule is O=C(COCc1ccccc1)Nc1ccc(N2CCOCC2)cn1. The molecule has 0 saturated carbocycles. The molecule has 6 nitrogen and oxygen atoms in total. The van der Waals surface area contributed by atoms with Gasteiger partial charge in [0.05, 0.1) is 31.7 Å². The Morgan fingerprint density at radius 1 is 1.17 bits per heavy atom. The summed E-state index contributed by atoms with van der Waals surface area (Å²) in [5.74, 6) is 0.317. The molecule has 0 bridgehead atoms. The normalized spacial score (nSPS) is 14.4. The lowest BCUT2D eigenvalue weighted by Gasteiger charge is -2.28. The Bertz CT molecular complexity index is 640. The second-order valence-corrected chi connectivity index (χ2v) is 5.53. The molecule has 1 aromatic heterocycles. The fourth-order valence-electron chi connectivity index (χ4n) is 2.48. The van der Waals surface area contributed by atoms with Crippen LogP contribution in [0.2, 0.25) is 0 Å². The first-order chi connectivity index (χ1) is 11.8. The van der Waals surface area contributed by atoms with E-state index in [2.05, 4.69) is 15.2 Å². The standard InChI is InChI=1S/C18H21N3O3/c22-18(14-24-13-15-4-2-1-3-5-15)20-17-7-6-16(12-19-17)21-8-10-23-11-9-21/h1-7,12H,8-11,13-14H2,(H,19,20,22). The minimum Gasteiger partial charge on any atom is -0.378 e. The van der Waals surface area contributed by atoms with Crippen LogP contribution in [0.15, 0.2) is 48.7 Å². The van der Waals surface area contributed by atoms with Crippen LogP contribution < -0.4 is 10.2 Å². The Labute approximate surface area is 141 Å². The molecule has 0 atom stereocenters. The highest BCUT2D eigenvalue weighted by Crippen LogP contribution is 2.16. The fraction of sp³-hybridized carbons (Fsp3) is 0.333. The number of rotatable bonds is 6. The van der Waals surface area contributed by atoms with E-state index in [1.54, 1.807) is 12.3 Å². The van der Waals surface area contributed by atoms with Crippen molar-refractivity contribution in [2.75, 3.05) is 43.1 Å². The minimum atomic E-state index is -0.211. The molecule has 1 aromatic carbocycles. The first kappa shape index (κ1) is 16.4. The van der Waals surface area contributed by atoms with Gasteiger partial charge in [0.15, 0.2) is 0 Å². The van der Waals surface area contributed by atoms with Gasteiger partial charge in [-0.1, -0.05) is 30.3 Å². The number of carbonyl (C=O) groups is 1. The number of nitrogens with one attached hydrogen (secondary N) is 1. The largest absolute Gasteiger partial charge is 0.378 e. The van der Waals surface area contributed by atoms with Gasteiger partial charge in [-0.15, -0.1) is 0 Å². The third-order valence-corrected chi connectivity index (χ3v) is 3.74. The number of anilines is 2. The summed E-state index contributed by atoms with van der Waals surface area (Å²) in [6.07, 6.45) is 1.77. The second kappa shape index (κ2) is 8.42. The van der Waals surface area contributed by atoms with Gasteiger partial charge in [-0.2, -0.15) is 0 Å². The number of aromatic nitrogens is 1. The summed E-state index contributed by atoms with van der Waals surface area (Å²) in [6, 6.07) is 13.5. The summed E-state index contributed by atoms with van der Waals surface area (Å²) in [5.41, 5.74) is 2.08. The highest BCUT2D eigenvalue weighted by atomic mass is 16.5. The third-order valence-electron chi connectivity index (χ3n) is 3.74. The molecular weight excluding hydrogens is 306 g/mol. The van der Waals surface area contributed by atoms with E-state index in [1.165, 1.54) is 0 Å². The molecule has 1 amide bonds. The number of amides is 1. The molecule has 0 spiro atoms. The number of benzene rings is 1. The van der Waals surface area contributed by atoms with Crippen molar-refractivity contribution in [1.82, 2.24) is 4.98 Å². The molecule has 2 heterocycles. The van der Waals surface area contributed by atoms with Gasteiger partial charge < -0.3 is 19.7 Å². The van der Waals surface area contributed by atoms with Gasteiger partial charge in [0, 0.05) is 13.1 Å². The highest BCUT2D eigenvalue weighted by molar-refractivity contribution is 5.90. The average molecular weight is 327 g/mol. The van der Waals surface area contributed by atoms with Crippen LogP contribution in [0.4, 0.5) is 11.5 Å². The molecule has 6 heteroatoms. The van der Waals surface area contributed by atoms with Crippen LogP contribution in [-0.2, 0) is 20.9 Å². The zero-order valence-electron chi connectivity index (χ0n) is 13.5. The number of hydrogen-bond acceptors (Lipinski definition) is 5. The molecule has 126 valence electrons. The van der Waals surface area contributed by atoms with Gasteiger partial charge >= 0.3 is 0 Å². The van der Waals surface area contributed by atoms with Crippen molar-refractivity contribution < 1.29 is 14.3 Å². The van der Waals surface area contributed by atoms with Crippen LogP contribution in [0, 0.1) is 0 Å². The zero-order chi connectivity index (χ0) is 16.6. The van der Waals surface area contributed by atoms with Crippen molar-refractivity contribution in [3.05, 3.63) is 54.2 Å². The Kier molecular flexibility index (Phi) is 5.76. The summed E-state index contributed by atoms with van der Waals surface area (Å²) in [4.78, 5) is 18.4. The van der Waals surface area contributed by atoms with Crippen molar-refractivity contribution in [3.8, 4) is 0 Å². The maximum Gasteiger partial charge on any atom is 0.251 e. The fourth-order valence-corrected chi connectivity index (χ4v) is 2.48. The zero-order valence-corrected chi connectivity index (χ0v) is 13.5. The molecule has 0 aliphatic carbocycles. The Hall–Kier alpha value is -2.44. The number of ether oxygens (including phenoxy) is 2. The highest BCUT2D eigenvalue weighted by Gasteiger charge is 2.11. The van der Waals surface area contributed by atoms with Crippen molar-refractivity contribution in [3.63, 3.8) is 0 Å². The Morgan fingerprint density at radius 2 is 1.96 bits per heavy atom. The molecule has 1 aliphatic heterocycles. The van der Waals surface area contributed by atoms with E-state index >= 15 is 0 Å².